The lowest BCUT2D eigenvalue weighted by molar-refractivity contribution is -0.118. The van der Waals surface area contributed by atoms with E-state index in [0.29, 0.717) is 0 Å². The average Bonchev–Trinajstić information content (AvgIpc) is 2.84. The molecule has 0 radical (unpaired) electrons. The Kier molecular flexibility index (Phi) is 4.25. The highest BCUT2D eigenvalue weighted by molar-refractivity contribution is 8.00. The van der Waals surface area contributed by atoms with Crippen LogP contribution in [0, 0.1) is 6.92 Å². The topological polar surface area (TPSA) is 20.3 Å². The van der Waals surface area contributed by atoms with E-state index in [-0.39, 0.29) is 17.2 Å². The molecule has 3 rings (SSSR count). The van der Waals surface area contributed by atoms with Crippen molar-refractivity contribution in [2.45, 2.75) is 43.4 Å². The first-order valence-electron chi connectivity index (χ1n) is 7.70. The predicted molar refractivity (Wildman–Crippen MR) is 93.6 cm³/mol. The summed E-state index contributed by atoms with van der Waals surface area (Å²) in [5, 5.41) is -0.0867. The lowest BCUT2D eigenvalue weighted by Gasteiger charge is -2.26. The summed E-state index contributed by atoms with van der Waals surface area (Å²) in [5.41, 5.74) is 3.60. The molecule has 0 saturated carbocycles. The number of benzene rings is 2. The van der Waals surface area contributed by atoms with E-state index in [9.17, 15) is 4.79 Å². The number of para-hydroxylation sites is 1. The number of fused-ring (bicyclic) bond motifs is 1. The summed E-state index contributed by atoms with van der Waals surface area (Å²) in [4.78, 5) is 16.0. The Balaban J connectivity index is 1.77. The molecule has 1 amide bonds. The third kappa shape index (κ3) is 2.91. The molecule has 2 nitrogen and oxygen atoms in total. The second kappa shape index (κ2) is 6.17. The Morgan fingerprint density at radius 2 is 1.86 bits per heavy atom. The first kappa shape index (κ1) is 15.2. The number of hydrogen-bond acceptors (Lipinski definition) is 2. The van der Waals surface area contributed by atoms with Crippen LogP contribution in [-0.4, -0.2) is 17.2 Å². The van der Waals surface area contributed by atoms with Crippen molar-refractivity contribution >= 4 is 23.4 Å². The smallest absolute Gasteiger partial charge is 0.240 e. The normalized spacial score (nSPS) is 18.1. The van der Waals surface area contributed by atoms with E-state index in [1.165, 1.54) is 11.1 Å². The number of anilines is 1. The van der Waals surface area contributed by atoms with Crippen LogP contribution in [-0.2, 0) is 11.2 Å². The van der Waals surface area contributed by atoms with E-state index in [1.807, 2.05) is 24.0 Å². The molecule has 0 saturated heterocycles. The zero-order valence-corrected chi connectivity index (χ0v) is 14.1. The lowest BCUT2D eigenvalue weighted by atomic mass is 10.1. The molecule has 0 aliphatic carbocycles. The van der Waals surface area contributed by atoms with E-state index in [2.05, 4.69) is 50.2 Å². The predicted octanol–water partition coefficient (Wildman–Crippen LogP) is 4.45. The van der Waals surface area contributed by atoms with Gasteiger partial charge < -0.3 is 4.90 Å². The molecule has 114 valence electrons. The number of thioether (sulfide) groups is 1. The van der Waals surface area contributed by atoms with Crippen molar-refractivity contribution in [3.8, 4) is 0 Å². The second-order valence-corrected chi connectivity index (χ2v) is 7.38. The van der Waals surface area contributed by atoms with Gasteiger partial charge in [-0.2, -0.15) is 0 Å². The first-order chi connectivity index (χ1) is 10.6. The van der Waals surface area contributed by atoms with Crippen LogP contribution in [0.5, 0.6) is 0 Å². The number of hydrogen-bond donors (Lipinski definition) is 0. The SMILES string of the molecule is Cc1ccc(SC(C)C(=O)N2c3ccccc3CC2C)cc1. The minimum Gasteiger partial charge on any atom is -0.308 e. The van der Waals surface area contributed by atoms with E-state index >= 15 is 0 Å². The van der Waals surface area contributed by atoms with Crippen LogP contribution in [0.2, 0.25) is 0 Å². The van der Waals surface area contributed by atoms with Crippen LogP contribution in [0.1, 0.15) is 25.0 Å². The molecular weight excluding hydrogens is 290 g/mol. The van der Waals surface area contributed by atoms with Crippen LogP contribution < -0.4 is 4.90 Å². The lowest BCUT2D eigenvalue weighted by Crippen LogP contribution is -2.40. The Hall–Kier alpha value is -1.74. The van der Waals surface area contributed by atoms with Crippen LogP contribution in [0.25, 0.3) is 0 Å². The first-order valence-corrected chi connectivity index (χ1v) is 8.58. The van der Waals surface area contributed by atoms with E-state index in [4.69, 9.17) is 0 Å². The van der Waals surface area contributed by atoms with Gasteiger partial charge >= 0.3 is 0 Å². The average molecular weight is 311 g/mol. The molecule has 1 aliphatic rings. The van der Waals surface area contributed by atoms with Crippen LogP contribution in [0.4, 0.5) is 5.69 Å². The third-order valence-electron chi connectivity index (χ3n) is 4.13. The summed E-state index contributed by atoms with van der Waals surface area (Å²) in [6.45, 7) is 6.20. The standard InChI is InChI=1S/C19H21NOS/c1-13-8-10-17(11-9-13)22-15(3)19(21)20-14(2)12-16-6-4-5-7-18(16)20/h4-11,14-15H,12H2,1-3H3. The second-order valence-electron chi connectivity index (χ2n) is 5.96. The summed E-state index contributed by atoms with van der Waals surface area (Å²) in [5.74, 6) is 0.197. The highest BCUT2D eigenvalue weighted by Crippen LogP contribution is 2.34. The summed E-state index contributed by atoms with van der Waals surface area (Å²) in [6.07, 6.45) is 0.948. The quantitative estimate of drug-likeness (QED) is 0.780. The van der Waals surface area contributed by atoms with Crippen molar-refractivity contribution in [2.24, 2.45) is 0 Å². The molecule has 2 atom stereocenters. The van der Waals surface area contributed by atoms with Gasteiger partial charge in [-0.3, -0.25) is 4.79 Å². The van der Waals surface area contributed by atoms with Gasteiger partial charge in [-0.25, -0.2) is 0 Å². The fourth-order valence-corrected chi connectivity index (χ4v) is 3.88. The van der Waals surface area contributed by atoms with Crippen molar-refractivity contribution in [3.05, 3.63) is 59.7 Å². The summed E-state index contributed by atoms with van der Waals surface area (Å²) >= 11 is 1.63. The minimum atomic E-state index is -0.0867. The fourth-order valence-electron chi connectivity index (χ4n) is 2.97. The molecule has 2 unspecified atom stereocenters. The number of rotatable bonds is 3. The maximum atomic E-state index is 12.9. The van der Waals surface area contributed by atoms with Gasteiger partial charge in [0, 0.05) is 16.6 Å². The van der Waals surface area contributed by atoms with Crippen LogP contribution >= 0.6 is 11.8 Å². The molecule has 2 aromatic carbocycles. The summed E-state index contributed by atoms with van der Waals surface area (Å²) < 4.78 is 0. The van der Waals surface area contributed by atoms with Gasteiger partial charge in [-0.05, 0) is 51.0 Å². The molecule has 3 heteroatoms. The number of carbonyl (C=O) groups excluding carboxylic acids is 1. The zero-order chi connectivity index (χ0) is 15.7. The van der Waals surface area contributed by atoms with Gasteiger partial charge in [0.2, 0.25) is 5.91 Å². The van der Waals surface area contributed by atoms with Crippen LogP contribution in [0.15, 0.2) is 53.4 Å². The molecule has 1 heterocycles. The minimum absolute atomic E-state index is 0.0867. The number of aryl methyl sites for hydroxylation is 1. The summed E-state index contributed by atoms with van der Waals surface area (Å²) in [6, 6.07) is 16.8. The molecular formula is C19H21NOS. The van der Waals surface area contributed by atoms with Crippen molar-refractivity contribution in [2.75, 3.05) is 4.90 Å². The zero-order valence-electron chi connectivity index (χ0n) is 13.2. The molecule has 0 spiro atoms. The van der Waals surface area contributed by atoms with E-state index in [1.54, 1.807) is 11.8 Å². The van der Waals surface area contributed by atoms with Gasteiger partial charge in [0.15, 0.2) is 0 Å². The maximum absolute atomic E-state index is 12.9. The third-order valence-corrected chi connectivity index (χ3v) is 5.23. The van der Waals surface area contributed by atoms with Crippen molar-refractivity contribution in [1.82, 2.24) is 0 Å². The molecule has 0 aromatic heterocycles. The molecule has 0 N–H and O–H groups in total. The van der Waals surface area contributed by atoms with Crippen LogP contribution in [0.3, 0.4) is 0 Å². The highest BCUT2D eigenvalue weighted by atomic mass is 32.2. The Bertz CT molecular complexity index is 680. The Morgan fingerprint density at radius 3 is 2.59 bits per heavy atom. The Labute approximate surface area is 136 Å². The van der Waals surface area contributed by atoms with Gasteiger partial charge in [0.1, 0.15) is 0 Å². The largest absolute Gasteiger partial charge is 0.308 e. The fraction of sp³-hybridized carbons (Fsp3) is 0.316. The number of carbonyl (C=O) groups is 1. The molecule has 2 aromatic rings. The monoisotopic (exact) mass is 311 g/mol. The molecule has 0 bridgehead atoms. The van der Waals surface area contributed by atoms with E-state index < -0.39 is 0 Å². The highest BCUT2D eigenvalue weighted by Gasteiger charge is 2.33. The van der Waals surface area contributed by atoms with Gasteiger partial charge in [0.05, 0.1) is 5.25 Å². The molecule has 0 fully saturated rings. The maximum Gasteiger partial charge on any atom is 0.240 e. The van der Waals surface area contributed by atoms with Crippen molar-refractivity contribution in [1.29, 1.82) is 0 Å². The summed E-state index contributed by atoms with van der Waals surface area (Å²) in [7, 11) is 0. The van der Waals surface area contributed by atoms with Gasteiger partial charge in [-0.1, -0.05) is 35.9 Å². The van der Waals surface area contributed by atoms with Gasteiger partial charge in [0.25, 0.3) is 0 Å². The van der Waals surface area contributed by atoms with Gasteiger partial charge in [-0.15, -0.1) is 11.8 Å². The molecule has 22 heavy (non-hydrogen) atoms. The van der Waals surface area contributed by atoms with Crippen molar-refractivity contribution in [3.63, 3.8) is 0 Å². The number of nitrogens with zero attached hydrogens (tertiary/aromatic N) is 1. The Morgan fingerprint density at radius 1 is 1.18 bits per heavy atom. The van der Waals surface area contributed by atoms with E-state index in [0.717, 1.165) is 17.0 Å². The van der Waals surface area contributed by atoms with Crippen molar-refractivity contribution < 1.29 is 4.79 Å². The number of amides is 1. The molecule has 1 aliphatic heterocycles.